The van der Waals surface area contributed by atoms with Crippen molar-refractivity contribution in [2.75, 3.05) is 60.3 Å². The average Bonchev–Trinajstić information content (AvgIpc) is 0.749. The van der Waals surface area contributed by atoms with Crippen LogP contribution in [0.15, 0.2) is 30.3 Å². The number of ether oxygens (including phenoxy) is 17. The Hall–Kier alpha value is -7.37. The van der Waals surface area contributed by atoms with Crippen LogP contribution in [0.4, 0.5) is 0 Å². The molecule has 0 spiro atoms. The molecular weight excluding hydrogens is 1400 g/mol. The third-order valence-corrected chi connectivity index (χ3v) is 18.7. The number of benzene rings is 1. The highest BCUT2D eigenvalue weighted by Gasteiger charge is 2.64. The molecule has 0 radical (unpaired) electrons. The van der Waals surface area contributed by atoms with Crippen LogP contribution < -0.4 is 10.6 Å². The number of rotatable bonds is 37. The highest BCUT2D eigenvalue weighted by atomic mass is 32.3. The van der Waals surface area contributed by atoms with Gasteiger partial charge in [-0.3, -0.25) is 47.9 Å². The summed E-state index contributed by atoms with van der Waals surface area (Å²) in [6.45, 7) is 17.2. The van der Waals surface area contributed by atoms with Gasteiger partial charge in [0.15, 0.2) is 42.9 Å². The summed E-state index contributed by atoms with van der Waals surface area (Å²) in [5, 5.41) is 5.12. The Morgan fingerprint density at radius 1 is 0.588 bits per heavy atom. The van der Waals surface area contributed by atoms with E-state index in [2.05, 4.69) is 10.6 Å². The van der Waals surface area contributed by atoms with E-state index in [0.29, 0.717) is 11.6 Å². The van der Waals surface area contributed by atoms with E-state index in [-0.39, 0.29) is 32.8 Å². The first-order valence-electron chi connectivity index (χ1n) is 32.7. The molecule has 3 saturated heterocycles. The van der Waals surface area contributed by atoms with Crippen molar-refractivity contribution in [1.82, 2.24) is 10.6 Å². The molecule has 38 heteroatoms. The molecule has 102 heavy (non-hydrogen) atoms. The van der Waals surface area contributed by atoms with E-state index < -0.39 is 230 Å². The van der Waals surface area contributed by atoms with Crippen LogP contribution in [0.3, 0.4) is 0 Å². The van der Waals surface area contributed by atoms with Gasteiger partial charge in [0.1, 0.15) is 62.9 Å². The Morgan fingerprint density at radius 3 is 1.50 bits per heavy atom. The molecule has 1 aromatic rings. The predicted molar refractivity (Wildman–Crippen MR) is 346 cm³/mol. The standard InChI is InChI=1S/C64H97N3O33SSi/c1-19-67(20-2,21-3)100-101(80,81)99-50(33-86-37(6)70)55(92-42(11)75)57-52(66-36(5)69)47(89-39(8)72)30-64(98-57,62(79)83-15)96-49(32-84-31-45-25-23-22-24-26-45)54(91-41(10)74)56-51(65-35(4)68)46(88-38(7)71)29-63(97-56,61(78)82-14)87-34-48-53(90-40(9)73)58(93-43(12)76)59(94-44(13)77)60(95-48)85-27-28-102(16,17)18/h22-26,46-60H,19-21,27-34H2,1-18H3,(H-,65,66,68,69)/p+1/t46-,47+,48-,49+,50?,51+,52-,53+,54+,55-,56-,57+,58-,59-,60-,63-,64-/m1/s1. The smallest absolute Gasteiger partial charge is 0.445 e. The molecule has 17 atom stereocenters. The number of hydroxylamine groups is 3. The van der Waals surface area contributed by atoms with Crippen LogP contribution in [0, 0.1) is 0 Å². The zero-order chi connectivity index (χ0) is 76.8. The van der Waals surface area contributed by atoms with E-state index in [1.54, 1.807) is 51.1 Å². The second-order valence-corrected chi connectivity index (χ2v) is 32.1. The quantitative estimate of drug-likeness (QED) is 0.0313. The number of esters is 10. The lowest BCUT2D eigenvalue weighted by atomic mass is 9.86. The number of hydrogen-bond acceptors (Lipinski definition) is 33. The fourth-order valence-electron chi connectivity index (χ4n) is 11.5. The summed E-state index contributed by atoms with van der Waals surface area (Å²) >= 11 is 0. The number of nitrogens with one attached hydrogen (secondary N) is 2. The number of hydrogen-bond donors (Lipinski definition) is 2. The van der Waals surface area contributed by atoms with Crippen molar-refractivity contribution in [3.8, 4) is 0 Å². The molecule has 2 N–H and O–H groups in total. The average molecular weight is 1500 g/mol. The van der Waals surface area contributed by atoms with Crippen molar-refractivity contribution in [2.24, 2.45) is 0 Å². The van der Waals surface area contributed by atoms with Gasteiger partial charge in [0.25, 0.3) is 11.6 Å². The molecule has 36 nitrogen and oxygen atoms in total. The zero-order valence-corrected chi connectivity index (χ0v) is 62.5. The maximum Gasteiger partial charge on any atom is 0.445 e. The van der Waals surface area contributed by atoms with Crippen molar-refractivity contribution in [3.63, 3.8) is 0 Å². The molecule has 3 heterocycles. The van der Waals surface area contributed by atoms with Crippen LogP contribution in [-0.4, -0.2) is 256 Å². The van der Waals surface area contributed by atoms with Gasteiger partial charge in [0, 0.05) is 83.9 Å². The molecule has 3 aliphatic rings. The van der Waals surface area contributed by atoms with Crippen LogP contribution >= 0.6 is 0 Å². The molecule has 576 valence electrons. The number of amides is 2. The minimum absolute atomic E-state index is 0.0176. The van der Waals surface area contributed by atoms with E-state index in [1.807, 2.05) is 19.6 Å². The van der Waals surface area contributed by atoms with Crippen molar-refractivity contribution >= 4 is 90.0 Å². The molecule has 0 aliphatic carbocycles. The van der Waals surface area contributed by atoms with Crippen LogP contribution in [-0.2, 0) is 164 Å². The van der Waals surface area contributed by atoms with Crippen LogP contribution in [0.5, 0.6) is 0 Å². The summed E-state index contributed by atoms with van der Waals surface area (Å²) < 4.78 is 142. The van der Waals surface area contributed by atoms with E-state index >= 15 is 4.79 Å². The Bertz CT molecular complexity index is 3180. The van der Waals surface area contributed by atoms with Gasteiger partial charge in [0.05, 0.1) is 59.0 Å². The molecule has 1 aromatic carbocycles. The van der Waals surface area contributed by atoms with Crippen molar-refractivity contribution in [2.45, 2.75) is 238 Å². The third kappa shape index (κ3) is 25.8. The first-order chi connectivity index (χ1) is 47.6. The monoisotopic (exact) mass is 1500 g/mol. The minimum atomic E-state index is -5.35. The number of methoxy groups -OCH3 is 2. The lowest BCUT2D eigenvalue weighted by Crippen LogP contribution is -2.72. The molecule has 1 unspecified atom stereocenters. The van der Waals surface area contributed by atoms with Gasteiger partial charge in [-0.25, -0.2) is 13.8 Å². The first kappa shape index (κ1) is 87.0. The Labute approximate surface area is 592 Å². The maximum atomic E-state index is 15.3. The molecule has 3 fully saturated rings. The summed E-state index contributed by atoms with van der Waals surface area (Å²) in [5.74, 6) is -19.7. The van der Waals surface area contributed by atoms with Crippen LogP contribution in [0.25, 0.3) is 0 Å². The van der Waals surface area contributed by atoms with Crippen molar-refractivity contribution in [1.29, 1.82) is 0 Å². The normalized spacial score (nSPS) is 26.3. The summed E-state index contributed by atoms with van der Waals surface area (Å²) in [6.07, 6.45) is -28.1. The highest BCUT2D eigenvalue weighted by molar-refractivity contribution is 7.81. The number of nitrogens with zero attached hydrogens (tertiary/aromatic N) is 1. The van der Waals surface area contributed by atoms with Crippen LogP contribution in [0.2, 0.25) is 25.7 Å². The van der Waals surface area contributed by atoms with E-state index in [9.17, 15) is 61.2 Å². The van der Waals surface area contributed by atoms with E-state index in [4.69, 9.17) is 89.0 Å². The molecule has 3 aliphatic heterocycles. The summed E-state index contributed by atoms with van der Waals surface area (Å²) in [4.78, 5) is 163. The van der Waals surface area contributed by atoms with E-state index in [0.717, 1.165) is 83.5 Å². The van der Waals surface area contributed by atoms with Gasteiger partial charge >= 0.3 is 70.1 Å². The molecule has 2 amide bonds. The summed E-state index contributed by atoms with van der Waals surface area (Å²) in [6, 6.07) is 5.05. The topological polar surface area (TPSA) is 438 Å². The summed E-state index contributed by atoms with van der Waals surface area (Å²) in [5.41, 5.74) is 0.480. The third-order valence-electron chi connectivity index (χ3n) is 16.0. The predicted octanol–water partition coefficient (Wildman–Crippen LogP) is 1.53. The lowest BCUT2D eigenvalue weighted by molar-refractivity contribution is -1.08. The second-order valence-electron chi connectivity index (χ2n) is 25.3. The fourth-order valence-corrected chi connectivity index (χ4v) is 13.5. The van der Waals surface area contributed by atoms with Gasteiger partial charge in [-0.1, -0.05) is 50.0 Å². The summed E-state index contributed by atoms with van der Waals surface area (Å²) in [7, 11) is -5.53. The Kier molecular flexibility index (Phi) is 33.2. The molecule has 0 aromatic heterocycles. The molecule has 0 bridgehead atoms. The second kappa shape index (κ2) is 38.9. The molecule has 0 saturated carbocycles. The fraction of sp³-hybridized carbons (Fsp3) is 0.719. The largest absolute Gasteiger partial charge is 0.465 e. The zero-order valence-electron chi connectivity index (χ0n) is 60.7. The number of carbonyl (C=O) groups excluding carboxylic acids is 12. The van der Waals surface area contributed by atoms with Gasteiger partial charge in [-0.15, -0.1) is 0 Å². The lowest BCUT2D eigenvalue weighted by Gasteiger charge is -2.51. The first-order valence-corrected chi connectivity index (χ1v) is 37.8. The van der Waals surface area contributed by atoms with Gasteiger partial charge in [-0.2, -0.15) is 13.1 Å². The van der Waals surface area contributed by atoms with Crippen LogP contribution in [0.1, 0.15) is 108 Å². The van der Waals surface area contributed by atoms with Gasteiger partial charge in [0.2, 0.25) is 11.8 Å². The van der Waals surface area contributed by atoms with Gasteiger partial charge < -0.3 is 91.2 Å². The number of carbonyl (C=O) groups is 12. The number of quaternary nitrogens is 1. The molecular formula is C64H98N3O33SSi+. The Balaban J connectivity index is 2.18. The minimum Gasteiger partial charge on any atom is -0.465 e. The van der Waals surface area contributed by atoms with Crippen molar-refractivity contribution in [3.05, 3.63) is 35.9 Å². The molecule has 4 rings (SSSR count). The van der Waals surface area contributed by atoms with Gasteiger partial charge in [-0.05, 0) is 36.7 Å². The Morgan fingerprint density at radius 2 is 1.05 bits per heavy atom. The van der Waals surface area contributed by atoms with Crippen molar-refractivity contribution < 1.29 is 160 Å². The SMILES string of the molecule is CC[N+](CC)(CC)OS(=O)(=O)OC(COC(C)=O)[C@@H](OC(C)=O)[C@H]1O[C@@](O[C@@H](COCc2ccccc2)[C@H](OC(C)=O)[C@@H]2O[C@@](OC[C@H]3O[C@@H](OCC[Si](C)(C)C)[C@H](OC(C)=O)[C@H](OC(C)=O)[C@H]3OC(C)=O)(C(=O)OC)C[C@@H](OC(C)=O)[C@@H]2NC(C)=O)(C(=O)OC)C[C@H](OC(C)=O)[C@H]1NC(C)=O. The van der Waals surface area contributed by atoms with E-state index in [1.165, 1.54) is 0 Å². The highest BCUT2D eigenvalue weighted by Crippen LogP contribution is 2.43. The maximum absolute atomic E-state index is 15.3.